The average molecular weight is 357 g/mol. The molecule has 7 heteroatoms. The van der Waals surface area contributed by atoms with Crippen LogP contribution in [-0.2, 0) is 11.3 Å². The summed E-state index contributed by atoms with van der Waals surface area (Å²) in [5, 5.41) is 11.5. The van der Waals surface area contributed by atoms with Crippen LogP contribution in [0.2, 0.25) is 5.02 Å². The van der Waals surface area contributed by atoms with E-state index in [4.69, 9.17) is 11.6 Å². The number of hydrogen-bond acceptors (Lipinski definition) is 4. The highest BCUT2D eigenvalue weighted by molar-refractivity contribution is 6.31. The number of hydrogen-bond donors (Lipinski definition) is 1. The number of halogens is 1. The van der Waals surface area contributed by atoms with Gasteiger partial charge in [-0.15, -0.1) is 5.10 Å². The predicted molar refractivity (Wildman–Crippen MR) is 96.5 cm³/mol. The Kier molecular flexibility index (Phi) is 4.81. The van der Waals surface area contributed by atoms with Gasteiger partial charge in [-0.1, -0.05) is 46.6 Å². The van der Waals surface area contributed by atoms with Crippen molar-refractivity contribution < 1.29 is 4.79 Å². The van der Waals surface area contributed by atoms with Crippen LogP contribution in [0.3, 0.4) is 0 Å². The van der Waals surface area contributed by atoms with Gasteiger partial charge < -0.3 is 5.32 Å². The molecule has 0 fully saturated rings. The number of rotatable bonds is 4. The maximum Gasteiger partial charge on any atom is 0.278 e. The van der Waals surface area contributed by atoms with Gasteiger partial charge in [0.1, 0.15) is 12.1 Å². The molecule has 0 aliphatic heterocycles. The molecule has 1 aromatic heterocycles. The fourth-order valence-electron chi connectivity index (χ4n) is 2.52. The van der Waals surface area contributed by atoms with Crippen LogP contribution in [0.5, 0.6) is 0 Å². The van der Waals surface area contributed by atoms with Gasteiger partial charge in [0.2, 0.25) is 5.91 Å². The smallest absolute Gasteiger partial charge is 0.278 e. The van der Waals surface area contributed by atoms with Gasteiger partial charge in [-0.2, -0.15) is 0 Å². The average Bonchev–Trinajstić information content (AvgIpc) is 2.58. The maximum atomic E-state index is 12.4. The van der Waals surface area contributed by atoms with Crippen LogP contribution in [0.25, 0.3) is 10.9 Å². The molecule has 0 saturated carbocycles. The number of nitrogens with one attached hydrogen (secondary N) is 1. The number of aryl methyl sites for hydroxylation is 1. The lowest BCUT2D eigenvalue weighted by Gasteiger charge is -2.14. The lowest BCUT2D eigenvalue weighted by Crippen LogP contribution is -2.35. The predicted octanol–water partition coefficient (Wildman–Crippen LogP) is 2.63. The van der Waals surface area contributed by atoms with Crippen molar-refractivity contribution in [1.82, 2.24) is 20.3 Å². The molecule has 6 nitrogen and oxygen atoms in total. The Balaban J connectivity index is 1.75. The molecule has 1 amide bonds. The minimum absolute atomic E-state index is 0.170. The van der Waals surface area contributed by atoms with Crippen molar-refractivity contribution in [2.75, 3.05) is 0 Å². The minimum atomic E-state index is -0.375. The number of nitrogens with zero attached hydrogens (tertiary/aromatic N) is 3. The van der Waals surface area contributed by atoms with E-state index in [0.717, 1.165) is 15.8 Å². The summed E-state index contributed by atoms with van der Waals surface area (Å²) in [4.78, 5) is 24.7. The summed E-state index contributed by atoms with van der Waals surface area (Å²) < 4.78 is 1.05. The SMILES string of the molecule is Cc1ccc(C(C)NC(=O)Cn2nnc3cc(Cl)ccc3c2=O)cc1. The highest BCUT2D eigenvalue weighted by atomic mass is 35.5. The number of carbonyl (C=O) groups excluding carboxylic acids is 1. The highest BCUT2D eigenvalue weighted by Crippen LogP contribution is 2.14. The zero-order valence-electron chi connectivity index (χ0n) is 13.9. The number of amides is 1. The van der Waals surface area contributed by atoms with E-state index in [1.807, 2.05) is 38.1 Å². The second-order valence-corrected chi connectivity index (χ2v) is 6.35. The van der Waals surface area contributed by atoms with Crippen LogP contribution in [0.4, 0.5) is 0 Å². The van der Waals surface area contributed by atoms with Crippen LogP contribution in [0.1, 0.15) is 24.1 Å². The van der Waals surface area contributed by atoms with Crippen LogP contribution in [-0.4, -0.2) is 20.9 Å². The first-order chi connectivity index (χ1) is 11.9. The van der Waals surface area contributed by atoms with Gasteiger partial charge in [-0.05, 0) is 37.6 Å². The summed E-state index contributed by atoms with van der Waals surface area (Å²) in [6, 6.07) is 12.5. The first kappa shape index (κ1) is 17.1. The molecule has 0 bridgehead atoms. The molecule has 1 N–H and O–H groups in total. The zero-order valence-corrected chi connectivity index (χ0v) is 14.6. The Morgan fingerprint density at radius 3 is 2.68 bits per heavy atom. The molecule has 3 rings (SSSR count). The molecule has 2 aromatic carbocycles. The molecule has 1 heterocycles. The van der Waals surface area contributed by atoms with E-state index in [2.05, 4.69) is 15.6 Å². The van der Waals surface area contributed by atoms with Crippen molar-refractivity contribution in [2.24, 2.45) is 0 Å². The van der Waals surface area contributed by atoms with Gasteiger partial charge in [0.05, 0.1) is 11.4 Å². The molecule has 0 aliphatic carbocycles. The maximum absolute atomic E-state index is 12.4. The van der Waals surface area contributed by atoms with Gasteiger partial charge in [-0.25, -0.2) is 4.68 Å². The standard InChI is InChI=1S/C18H17ClN4O2/c1-11-3-5-13(6-4-11)12(2)20-17(24)10-23-18(25)15-8-7-14(19)9-16(15)21-22-23/h3-9,12H,10H2,1-2H3,(H,20,24). The van der Waals surface area contributed by atoms with Gasteiger partial charge in [0, 0.05) is 5.02 Å². The summed E-state index contributed by atoms with van der Waals surface area (Å²) in [6.45, 7) is 3.70. The summed E-state index contributed by atoms with van der Waals surface area (Å²) in [7, 11) is 0. The van der Waals surface area contributed by atoms with E-state index in [-0.39, 0.29) is 24.1 Å². The summed E-state index contributed by atoms with van der Waals surface area (Å²) in [5.74, 6) is -0.308. The Labute approximate surface area is 149 Å². The second kappa shape index (κ2) is 7.03. The van der Waals surface area contributed by atoms with E-state index in [1.165, 1.54) is 0 Å². The Bertz CT molecular complexity index is 983. The third-order valence-corrected chi connectivity index (χ3v) is 4.17. The Hall–Kier alpha value is -2.73. The van der Waals surface area contributed by atoms with Crippen LogP contribution < -0.4 is 10.9 Å². The lowest BCUT2D eigenvalue weighted by molar-refractivity contribution is -0.122. The second-order valence-electron chi connectivity index (χ2n) is 5.91. The Morgan fingerprint density at radius 2 is 1.96 bits per heavy atom. The third-order valence-electron chi connectivity index (χ3n) is 3.93. The molecule has 0 saturated heterocycles. The van der Waals surface area contributed by atoms with Crippen molar-refractivity contribution >= 4 is 28.4 Å². The molecular weight excluding hydrogens is 340 g/mol. The van der Waals surface area contributed by atoms with Crippen LogP contribution in [0.15, 0.2) is 47.3 Å². The van der Waals surface area contributed by atoms with Gasteiger partial charge in [0.25, 0.3) is 5.56 Å². The minimum Gasteiger partial charge on any atom is -0.348 e. The topological polar surface area (TPSA) is 76.9 Å². The highest BCUT2D eigenvalue weighted by Gasteiger charge is 2.13. The quantitative estimate of drug-likeness (QED) is 0.779. The fraction of sp³-hybridized carbons (Fsp3) is 0.222. The van der Waals surface area contributed by atoms with Gasteiger partial charge in [0.15, 0.2) is 0 Å². The van der Waals surface area contributed by atoms with Crippen molar-refractivity contribution in [2.45, 2.75) is 26.4 Å². The molecule has 1 unspecified atom stereocenters. The summed E-state index contributed by atoms with van der Waals surface area (Å²) in [5.41, 5.74) is 2.17. The Morgan fingerprint density at radius 1 is 1.24 bits per heavy atom. The van der Waals surface area contributed by atoms with E-state index < -0.39 is 0 Å². The monoisotopic (exact) mass is 356 g/mol. The van der Waals surface area contributed by atoms with E-state index in [1.54, 1.807) is 18.2 Å². The molecule has 3 aromatic rings. The first-order valence-corrected chi connectivity index (χ1v) is 8.21. The number of carbonyl (C=O) groups is 1. The molecule has 128 valence electrons. The fourth-order valence-corrected chi connectivity index (χ4v) is 2.68. The molecule has 0 radical (unpaired) electrons. The van der Waals surface area contributed by atoms with E-state index in [0.29, 0.717) is 15.9 Å². The molecule has 1 atom stereocenters. The first-order valence-electron chi connectivity index (χ1n) is 7.83. The largest absolute Gasteiger partial charge is 0.348 e. The van der Waals surface area contributed by atoms with Crippen molar-refractivity contribution in [3.63, 3.8) is 0 Å². The lowest BCUT2D eigenvalue weighted by atomic mass is 10.1. The van der Waals surface area contributed by atoms with E-state index in [9.17, 15) is 9.59 Å². The number of benzene rings is 2. The summed E-state index contributed by atoms with van der Waals surface area (Å²) in [6.07, 6.45) is 0. The molecule has 0 spiro atoms. The van der Waals surface area contributed by atoms with Crippen molar-refractivity contribution in [3.8, 4) is 0 Å². The third kappa shape index (κ3) is 3.85. The van der Waals surface area contributed by atoms with Gasteiger partial charge in [-0.3, -0.25) is 9.59 Å². The van der Waals surface area contributed by atoms with Crippen molar-refractivity contribution in [1.29, 1.82) is 0 Å². The van der Waals surface area contributed by atoms with Crippen LogP contribution in [0, 0.1) is 6.92 Å². The molecular formula is C18H17ClN4O2. The molecule has 0 aliphatic rings. The number of aromatic nitrogens is 3. The van der Waals surface area contributed by atoms with E-state index >= 15 is 0 Å². The summed E-state index contributed by atoms with van der Waals surface area (Å²) >= 11 is 5.88. The van der Waals surface area contributed by atoms with Gasteiger partial charge >= 0.3 is 0 Å². The zero-order chi connectivity index (χ0) is 18.0. The van der Waals surface area contributed by atoms with Crippen LogP contribution >= 0.6 is 11.6 Å². The number of fused-ring (bicyclic) bond motifs is 1. The van der Waals surface area contributed by atoms with Crippen molar-refractivity contribution in [3.05, 3.63) is 69.0 Å². The molecule has 25 heavy (non-hydrogen) atoms. The normalized spacial score (nSPS) is 12.1.